The molecule has 1 atom stereocenters. The number of hydrogen-bond donors (Lipinski definition) is 1. The second kappa shape index (κ2) is 6.98. The Bertz CT molecular complexity index is 373. The highest BCUT2D eigenvalue weighted by molar-refractivity contribution is 5.08. The third-order valence-corrected chi connectivity index (χ3v) is 3.13. The lowest BCUT2D eigenvalue weighted by atomic mass is 9.86. The van der Waals surface area contributed by atoms with Crippen molar-refractivity contribution in [2.75, 3.05) is 6.61 Å². The largest absolute Gasteiger partial charge is 0.460 e. The summed E-state index contributed by atoms with van der Waals surface area (Å²) < 4.78 is 139. The number of aliphatic hydroxyl groups excluding tert-OH is 1. The van der Waals surface area contributed by atoms with E-state index in [-0.39, 0.29) is 19.3 Å². The number of halogens is 11. The molecule has 0 aromatic heterocycles. The molecular formula is C11H13F11O. The number of hydrogen-bond acceptors (Lipinski definition) is 1. The molecule has 0 aromatic carbocycles. The molecule has 1 N–H and O–H groups in total. The lowest BCUT2D eigenvalue weighted by Crippen LogP contribution is -2.67. The molecule has 0 aliphatic rings. The van der Waals surface area contributed by atoms with Gasteiger partial charge >= 0.3 is 24.2 Å². The first kappa shape index (κ1) is 22.2. The summed E-state index contributed by atoms with van der Waals surface area (Å²) in [6.45, 7) is -0.400. The second-order valence-electron chi connectivity index (χ2n) is 4.83. The maximum atomic E-state index is 13.7. The number of aliphatic hydroxyl groups is 1. The van der Waals surface area contributed by atoms with Crippen molar-refractivity contribution in [3.63, 3.8) is 0 Å². The van der Waals surface area contributed by atoms with Crippen molar-refractivity contribution in [2.24, 2.45) is 0 Å². The summed E-state index contributed by atoms with van der Waals surface area (Å²) in [4.78, 5) is 0. The van der Waals surface area contributed by atoms with Gasteiger partial charge in [-0.15, -0.1) is 0 Å². The first-order valence-corrected chi connectivity index (χ1v) is 6.25. The topological polar surface area (TPSA) is 20.2 Å². The van der Waals surface area contributed by atoms with Crippen molar-refractivity contribution in [1.82, 2.24) is 0 Å². The van der Waals surface area contributed by atoms with E-state index in [4.69, 9.17) is 5.11 Å². The van der Waals surface area contributed by atoms with E-state index in [1.807, 2.05) is 0 Å². The molecule has 140 valence electrons. The fourth-order valence-corrected chi connectivity index (χ4v) is 1.74. The molecule has 12 heteroatoms. The Balaban J connectivity index is 5.54. The third kappa shape index (κ3) is 4.18. The first-order chi connectivity index (χ1) is 10.1. The molecule has 1 unspecified atom stereocenters. The predicted molar refractivity (Wildman–Crippen MR) is 56.0 cm³/mol. The lowest BCUT2D eigenvalue weighted by Gasteiger charge is -2.39. The molecule has 0 aliphatic carbocycles. The molecule has 1 nitrogen and oxygen atoms in total. The number of alkyl halides is 11. The van der Waals surface area contributed by atoms with Crippen LogP contribution in [0.25, 0.3) is 0 Å². The zero-order chi connectivity index (χ0) is 18.7. The van der Waals surface area contributed by atoms with Crippen molar-refractivity contribution >= 4 is 0 Å². The molecule has 0 fully saturated rings. The van der Waals surface area contributed by atoms with Crippen LogP contribution in [0.5, 0.6) is 0 Å². The second-order valence-corrected chi connectivity index (χ2v) is 4.83. The van der Waals surface area contributed by atoms with E-state index in [2.05, 4.69) is 0 Å². The Labute approximate surface area is 123 Å². The van der Waals surface area contributed by atoms with E-state index in [9.17, 15) is 48.3 Å². The van der Waals surface area contributed by atoms with Crippen LogP contribution in [0.2, 0.25) is 0 Å². The van der Waals surface area contributed by atoms with Crippen LogP contribution in [-0.2, 0) is 0 Å². The number of rotatable bonds is 8. The van der Waals surface area contributed by atoms with Gasteiger partial charge in [0, 0.05) is 6.61 Å². The summed E-state index contributed by atoms with van der Waals surface area (Å²) >= 11 is 0. The minimum absolute atomic E-state index is 0.0282. The van der Waals surface area contributed by atoms with Crippen molar-refractivity contribution < 1.29 is 53.4 Å². The first-order valence-electron chi connectivity index (χ1n) is 6.25. The van der Waals surface area contributed by atoms with Gasteiger partial charge in [0.1, 0.15) is 0 Å². The fraction of sp³-hybridized carbons (Fsp3) is 1.00. The van der Waals surface area contributed by atoms with Gasteiger partial charge in [-0.2, -0.15) is 43.9 Å². The standard InChI is InChI=1S/C11H13F11O/c12-7(10(17,18)19,5-3-1-2-4-6-23)8(13,14)9(15,16)11(20,21)22/h23H,1-6H2. The Hall–Kier alpha value is -0.810. The Morgan fingerprint density at radius 3 is 1.30 bits per heavy atom. The van der Waals surface area contributed by atoms with Gasteiger partial charge in [0.2, 0.25) is 0 Å². The fourth-order valence-electron chi connectivity index (χ4n) is 1.74. The highest BCUT2D eigenvalue weighted by atomic mass is 19.4. The van der Waals surface area contributed by atoms with Gasteiger partial charge in [-0.25, -0.2) is 4.39 Å². The molecule has 0 radical (unpaired) electrons. The van der Waals surface area contributed by atoms with Gasteiger partial charge in [-0.1, -0.05) is 12.8 Å². The van der Waals surface area contributed by atoms with Crippen molar-refractivity contribution in [1.29, 1.82) is 0 Å². The van der Waals surface area contributed by atoms with Gasteiger partial charge in [0.15, 0.2) is 0 Å². The summed E-state index contributed by atoms with van der Waals surface area (Å²) in [7, 11) is 0. The summed E-state index contributed by atoms with van der Waals surface area (Å²) in [5, 5.41) is 8.38. The maximum absolute atomic E-state index is 13.7. The van der Waals surface area contributed by atoms with E-state index < -0.39 is 49.3 Å². The van der Waals surface area contributed by atoms with Crippen molar-refractivity contribution in [2.45, 2.75) is 62.0 Å². The minimum Gasteiger partial charge on any atom is -0.396 e. The van der Waals surface area contributed by atoms with Crippen LogP contribution in [0.1, 0.15) is 32.1 Å². The monoisotopic (exact) mass is 370 g/mol. The van der Waals surface area contributed by atoms with Crippen LogP contribution in [0.15, 0.2) is 0 Å². The Morgan fingerprint density at radius 1 is 0.522 bits per heavy atom. The van der Waals surface area contributed by atoms with Gasteiger partial charge in [-0.05, 0) is 19.3 Å². The van der Waals surface area contributed by atoms with E-state index in [0.29, 0.717) is 0 Å². The van der Waals surface area contributed by atoms with Crippen LogP contribution in [-0.4, -0.2) is 41.6 Å². The molecular weight excluding hydrogens is 357 g/mol. The molecule has 0 aliphatic heterocycles. The van der Waals surface area contributed by atoms with Crippen LogP contribution in [0, 0.1) is 0 Å². The Kier molecular flexibility index (Phi) is 6.73. The van der Waals surface area contributed by atoms with Crippen LogP contribution in [0.4, 0.5) is 48.3 Å². The molecule has 0 saturated carbocycles. The molecule has 23 heavy (non-hydrogen) atoms. The Morgan fingerprint density at radius 2 is 0.957 bits per heavy atom. The zero-order valence-corrected chi connectivity index (χ0v) is 11.3. The average molecular weight is 370 g/mol. The smallest absolute Gasteiger partial charge is 0.396 e. The summed E-state index contributed by atoms with van der Waals surface area (Å²) in [5.41, 5.74) is -6.04. The SMILES string of the molecule is OCCCCCCC(F)(C(F)(F)F)C(F)(F)C(F)(F)C(F)(F)F. The quantitative estimate of drug-likeness (QED) is 0.469. The molecule has 0 aromatic rings. The highest BCUT2D eigenvalue weighted by Crippen LogP contribution is 2.58. The van der Waals surface area contributed by atoms with E-state index in [1.54, 1.807) is 0 Å². The van der Waals surface area contributed by atoms with E-state index in [0.717, 1.165) is 0 Å². The lowest BCUT2D eigenvalue weighted by molar-refractivity contribution is -0.412. The summed E-state index contributed by atoms with van der Waals surface area (Å²) in [6, 6.07) is 0. The van der Waals surface area contributed by atoms with Gasteiger partial charge in [-0.3, -0.25) is 0 Å². The van der Waals surface area contributed by atoms with Crippen molar-refractivity contribution in [3.05, 3.63) is 0 Å². The molecule has 0 saturated heterocycles. The maximum Gasteiger partial charge on any atom is 0.460 e. The van der Waals surface area contributed by atoms with Gasteiger partial charge < -0.3 is 5.11 Å². The van der Waals surface area contributed by atoms with E-state index >= 15 is 0 Å². The zero-order valence-electron chi connectivity index (χ0n) is 11.3. The van der Waals surface area contributed by atoms with Crippen molar-refractivity contribution in [3.8, 4) is 0 Å². The molecule has 0 amide bonds. The number of unbranched alkanes of at least 4 members (excludes halogenated alkanes) is 3. The normalized spacial score (nSPS) is 17.2. The van der Waals surface area contributed by atoms with E-state index in [1.165, 1.54) is 0 Å². The molecule has 0 rings (SSSR count). The predicted octanol–water partition coefficient (Wildman–Crippen LogP) is 5.03. The van der Waals surface area contributed by atoms with Crippen LogP contribution >= 0.6 is 0 Å². The van der Waals surface area contributed by atoms with Crippen LogP contribution in [0.3, 0.4) is 0 Å². The van der Waals surface area contributed by atoms with Gasteiger partial charge in [0.05, 0.1) is 0 Å². The summed E-state index contributed by atoms with van der Waals surface area (Å²) in [6.07, 6.45) is -17.3. The van der Waals surface area contributed by atoms with Crippen LogP contribution < -0.4 is 0 Å². The third-order valence-electron chi connectivity index (χ3n) is 3.13. The molecule has 0 bridgehead atoms. The molecule has 0 spiro atoms. The summed E-state index contributed by atoms with van der Waals surface area (Å²) in [5.74, 6) is -14.2. The highest BCUT2D eigenvalue weighted by Gasteiger charge is 2.85. The molecule has 0 heterocycles. The van der Waals surface area contributed by atoms with Gasteiger partial charge in [0.25, 0.3) is 5.67 Å². The minimum atomic E-state index is -7.20. The average Bonchev–Trinajstić information content (AvgIpc) is 2.35.